The van der Waals surface area contributed by atoms with Gasteiger partial charge in [0.2, 0.25) is 0 Å². The summed E-state index contributed by atoms with van der Waals surface area (Å²) in [4.78, 5) is 22.3. The number of nitro groups is 1. The minimum atomic E-state index is -0.504. The Balaban J connectivity index is 1.78. The molecule has 0 aliphatic heterocycles. The summed E-state index contributed by atoms with van der Waals surface area (Å²) < 4.78 is 5.29. The summed E-state index contributed by atoms with van der Waals surface area (Å²) in [7, 11) is 0. The molecule has 0 saturated carbocycles. The van der Waals surface area contributed by atoms with Gasteiger partial charge in [0.1, 0.15) is 0 Å². The smallest absolute Gasteiger partial charge is 0.311 e. The number of nitrogens with one attached hydrogen (secondary N) is 1. The average Bonchev–Trinajstić information content (AvgIpc) is 2.54. The third-order valence-corrected chi connectivity index (χ3v) is 3.82. The van der Waals surface area contributed by atoms with Crippen LogP contribution in [0.4, 0.5) is 5.69 Å². The van der Waals surface area contributed by atoms with Gasteiger partial charge in [-0.15, -0.1) is 0 Å². The number of hydrogen-bond acceptors (Lipinski definition) is 4. The molecule has 1 aliphatic carbocycles. The molecule has 0 bridgehead atoms. The first-order chi connectivity index (χ1) is 11.1. The van der Waals surface area contributed by atoms with E-state index in [4.69, 9.17) is 4.74 Å². The number of rotatable bonds is 7. The molecular weight excluding hydrogens is 296 g/mol. The number of benzene rings is 1. The normalized spacial score (nSPS) is 14.0. The van der Waals surface area contributed by atoms with Gasteiger partial charge in [0, 0.05) is 12.6 Å². The van der Waals surface area contributed by atoms with Crippen LogP contribution in [0.15, 0.2) is 29.8 Å². The van der Waals surface area contributed by atoms with Crippen LogP contribution in [-0.2, 0) is 4.79 Å². The van der Waals surface area contributed by atoms with E-state index in [0.29, 0.717) is 6.54 Å². The number of hydrogen-bond donors (Lipinski definition) is 1. The molecule has 0 atom stereocenters. The molecule has 0 saturated heterocycles. The van der Waals surface area contributed by atoms with Crippen LogP contribution in [-0.4, -0.2) is 24.0 Å². The third kappa shape index (κ3) is 5.39. The minimum Gasteiger partial charge on any atom is -0.477 e. The maximum Gasteiger partial charge on any atom is 0.311 e. The number of aryl methyl sites for hydroxylation is 1. The Bertz CT molecular complexity index is 611. The van der Waals surface area contributed by atoms with Gasteiger partial charge >= 0.3 is 5.69 Å². The first kappa shape index (κ1) is 17.0. The molecule has 124 valence electrons. The maximum absolute atomic E-state index is 11.8. The van der Waals surface area contributed by atoms with Crippen molar-refractivity contribution in [1.29, 1.82) is 0 Å². The number of carbonyl (C=O) groups excluding carboxylic acids is 1. The first-order valence-corrected chi connectivity index (χ1v) is 7.88. The summed E-state index contributed by atoms with van der Waals surface area (Å²) in [5.41, 5.74) is 2.05. The molecule has 0 unspecified atom stereocenters. The molecule has 1 aliphatic rings. The highest BCUT2D eigenvalue weighted by molar-refractivity contribution is 5.77. The Labute approximate surface area is 135 Å². The highest BCUT2D eigenvalue weighted by atomic mass is 16.6. The fraction of sp³-hybridized carbons (Fsp3) is 0.471. The number of amides is 1. The van der Waals surface area contributed by atoms with E-state index in [0.717, 1.165) is 24.8 Å². The van der Waals surface area contributed by atoms with Gasteiger partial charge in [0.05, 0.1) is 4.92 Å². The molecule has 0 heterocycles. The number of carbonyl (C=O) groups is 1. The van der Waals surface area contributed by atoms with Gasteiger partial charge in [-0.1, -0.05) is 17.7 Å². The van der Waals surface area contributed by atoms with Crippen LogP contribution in [0.5, 0.6) is 5.75 Å². The van der Waals surface area contributed by atoms with Crippen LogP contribution >= 0.6 is 0 Å². The Morgan fingerprint density at radius 2 is 2.22 bits per heavy atom. The first-order valence-electron chi connectivity index (χ1n) is 7.88. The lowest BCUT2D eigenvalue weighted by molar-refractivity contribution is -0.385. The molecule has 1 aromatic carbocycles. The molecule has 1 amide bonds. The van der Waals surface area contributed by atoms with Crippen molar-refractivity contribution in [2.75, 3.05) is 13.2 Å². The summed E-state index contributed by atoms with van der Waals surface area (Å²) in [6.45, 7) is 2.12. The summed E-state index contributed by atoms with van der Waals surface area (Å²) in [5.74, 6) is -0.151. The molecule has 0 spiro atoms. The summed E-state index contributed by atoms with van der Waals surface area (Å²) in [5, 5.41) is 13.8. The minimum absolute atomic E-state index is 0.116. The number of allylic oxidation sites excluding steroid dienone is 1. The van der Waals surface area contributed by atoms with Gasteiger partial charge < -0.3 is 10.1 Å². The monoisotopic (exact) mass is 318 g/mol. The Morgan fingerprint density at radius 1 is 1.39 bits per heavy atom. The lowest BCUT2D eigenvalue weighted by Crippen LogP contribution is -2.30. The summed E-state index contributed by atoms with van der Waals surface area (Å²) >= 11 is 0. The van der Waals surface area contributed by atoms with E-state index >= 15 is 0 Å². The van der Waals surface area contributed by atoms with Gasteiger partial charge in [0.25, 0.3) is 5.91 Å². The zero-order valence-corrected chi connectivity index (χ0v) is 13.3. The molecule has 0 radical (unpaired) electrons. The second kappa shape index (κ2) is 8.31. The van der Waals surface area contributed by atoms with Crippen molar-refractivity contribution >= 4 is 11.6 Å². The van der Waals surface area contributed by atoms with Crippen molar-refractivity contribution < 1.29 is 14.5 Å². The van der Waals surface area contributed by atoms with Crippen LogP contribution in [0.25, 0.3) is 0 Å². The van der Waals surface area contributed by atoms with E-state index in [1.807, 2.05) is 0 Å². The number of nitrogens with zero attached hydrogens (tertiary/aromatic N) is 1. The highest BCUT2D eigenvalue weighted by Crippen LogP contribution is 2.27. The zero-order chi connectivity index (χ0) is 16.7. The Hall–Kier alpha value is -2.37. The standard InChI is InChI=1S/C17H22N2O4/c1-13-7-8-16(15(11-13)19(21)22)23-12-17(20)18-10-9-14-5-3-2-4-6-14/h5,7-8,11H,2-4,6,9-10,12H2,1H3,(H,18,20). The molecule has 2 rings (SSSR count). The zero-order valence-electron chi connectivity index (χ0n) is 13.3. The lowest BCUT2D eigenvalue weighted by Gasteiger charge is -2.13. The molecule has 1 N–H and O–H groups in total. The van der Waals surface area contributed by atoms with Crippen LogP contribution in [0, 0.1) is 17.0 Å². The predicted molar refractivity (Wildman–Crippen MR) is 87.5 cm³/mol. The molecule has 0 fully saturated rings. The molecule has 6 nitrogen and oxygen atoms in total. The largest absolute Gasteiger partial charge is 0.477 e. The van der Waals surface area contributed by atoms with E-state index in [1.165, 1.54) is 30.5 Å². The topological polar surface area (TPSA) is 81.5 Å². The molecular formula is C17H22N2O4. The van der Waals surface area contributed by atoms with Crippen molar-refractivity contribution in [2.45, 2.75) is 39.0 Å². The van der Waals surface area contributed by atoms with E-state index in [9.17, 15) is 14.9 Å². The van der Waals surface area contributed by atoms with Crippen molar-refractivity contribution in [3.63, 3.8) is 0 Å². The number of ether oxygens (including phenoxy) is 1. The molecule has 0 aromatic heterocycles. The van der Waals surface area contributed by atoms with Gasteiger partial charge in [-0.3, -0.25) is 14.9 Å². The predicted octanol–water partition coefficient (Wildman–Crippen LogP) is 3.29. The van der Waals surface area contributed by atoms with Crippen molar-refractivity contribution in [3.05, 3.63) is 45.5 Å². The van der Waals surface area contributed by atoms with E-state index < -0.39 is 4.92 Å². The molecule has 6 heteroatoms. The van der Waals surface area contributed by atoms with Crippen molar-refractivity contribution in [2.24, 2.45) is 0 Å². The molecule has 1 aromatic rings. The Kier molecular flexibility index (Phi) is 6.14. The second-order valence-corrected chi connectivity index (χ2v) is 5.73. The average molecular weight is 318 g/mol. The fourth-order valence-electron chi connectivity index (χ4n) is 2.58. The van der Waals surface area contributed by atoms with Crippen LogP contribution in [0.1, 0.15) is 37.7 Å². The van der Waals surface area contributed by atoms with Gasteiger partial charge in [-0.25, -0.2) is 0 Å². The van der Waals surface area contributed by atoms with Gasteiger partial charge in [-0.05, 0) is 50.7 Å². The van der Waals surface area contributed by atoms with Crippen molar-refractivity contribution in [1.82, 2.24) is 5.32 Å². The quantitative estimate of drug-likeness (QED) is 0.475. The van der Waals surface area contributed by atoms with Gasteiger partial charge in [0.15, 0.2) is 12.4 Å². The third-order valence-electron chi connectivity index (χ3n) is 3.82. The van der Waals surface area contributed by atoms with E-state index in [2.05, 4.69) is 11.4 Å². The van der Waals surface area contributed by atoms with Gasteiger partial charge in [-0.2, -0.15) is 0 Å². The number of nitro benzene ring substituents is 1. The fourth-order valence-corrected chi connectivity index (χ4v) is 2.58. The van der Waals surface area contributed by atoms with Crippen LogP contribution in [0.2, 0.25) is 0 Å². The van der Waals surface area contributed by atoms with E-state index in [-0.39, 0.29) is 24.0 Å². The SMILES string of the molecule is Cc1ccc(OCC(=O)NCCC2=CCCCC2)c([N+](=O)[O-])c1. The van der Waals surface area contributed by atoms with Crippen LogP contribution in [0.3, 0.4) is 0 Å². The highest BCUT2D eigenvalue weighted by Gasteiger charge is 2.16. The second-order valence-electron chi connectivity index (χ2n) is 5.73. The van der Waals surface area contributed by atoms with E-state index in [1.54, 1.807) is 13.0 Å². The summed E-state index contributed by atoms with van der Waals surface area (Å²) in [6.07, 6.45) is 7.82. The lowest BCUT2D eigenvalue weighted by atomic mass is 9.97. The Morgan fingerprint density at radius 3 is 2.91 bits per heavy atom. The molecule has 23 heavy (non-hydrogen) atoms. The van der Waals surface area contributed by atoms with Crippen LogP contribution < -0.4 is 10.1 Å². The van der Waals surface area contributed by atoms with Crippen molar-refractivity contribution in [3.8, 4) is 5.75 Å². The maximum atomic E-state index is 11.8. The summed E-state index contributed by atoms with van der Waals surface area (Å²) in [6, 6.07) is 4.67.